The molecule has 1 atom stereocenters. The first-order valence-corrected chi connectivity index (χ1v) is 10.1. The van der Waals surface area contributed by atoms with Crippen LogP contribution in [0.3, 0.4) is 0 Å². The fourth-order valence-corrected chi connectivity index (χ4v) is 2.83. The average molecular weight is 412 g/mol. The Morgan fingerprint density at radius 3 is 2.10 bits per heavy atom. The number of carboxylic acids is 1. The number of ether oxygens (including phenoxy) is 1. The summed E-state index contributed by atoms with van der Waals surface area (Å²) in [6, 6.07) is 13.4. The van der Waals surface area contributed by atoms with E-state index in [-0.39, 0.29) is 5.78 Å². The van der Waals surface area contributed by atoms with E-state index < -0.39 is 12.1 Å². The van der Waals surface area contributed by atoms with Crippen molar-refractivity contribution in [3.05, 3.63) is 59.7 Å². The molecule has 1 N–H and O–H groups in total. The van der Waals surface area contributed by atoms with E-state index in [2.05, 4.69) is 17.3 Å². The molecule has 30 heavy (non-hydrogen) atoms. The van der Waals surface area contributed by atoms with E-state index in [1.165, 1.54) is 0 Å². The fraction of sp³-hybridized carbons (Fsp3) is 0.391. The predicted molar refractivity (Wildman–Crippen MR) is 115 cm³/mol. The molecule has 0 aliphatic carbocycles. The summed E-state index contributed by atoms with van der Waals surface area (Å²) in [5.41, 5.74) is 1.69. The maximum absolute atomic E-state index is 12.7. The van der Waals surface area contributed by atoms with Gasteiger partial charge in [-0.15, -0.1) is 5.11 Å². The van der Waals surface area contributed by atoms with Gasteiger partial charge in [0.05, 0.1) is 5.69 Å². The monoisotopic (exact) mass is 411 g/mol. The van der Waals surface area contributed by atoms with Crippen LogP contribution in [0.1, 0.15) is 54.9 Å². The summed E-state index contributed by atoms with van der Waals surface area (Å²) in [7, 11) is 3.56. The largest absolute Gasteiger partial charge is 0.479 e. The van der Waals surface area contributed by atoms with Gasteiger partial charge in [0.25, 0.3) is 0 Å². The van der Waals surface area contributed by atoms with Crippen LogP contribution in [-0.4, -0.2) is 42.1 Å². The van der Waals surface area contributed by atoms with Crippen LogP contribution in [0.2, 0.25) is 0 Å². The molecule has 2 aromatic rings. The topological polar surface area (TPSA) is 91.6 Å². The summed E-state index contributed by atoms with van der Waals surface area (Å²) in [5.74, 6) is -0.668. The van der Waals surface area contributed by atoms with E-state index in [0.717, 1.165) is 25.7 Å². The number of unbranched alkanes of at least 4 members (excludes halogenated alkanes) is 3. The van der Waals surface area contributed by atoms with Gasteiger partial charge in [0.1, 0.15) is 5.75 Å². The molecule has 0 saturated heterocycles. The van der Waals surface area contributed by atoms with Crippen LogP contribution < -0.4 is 4.74 Å². The van der Waals surface area contributed by atoms with Gasteiger partial charge in [0, 0.05) is 25.2 Å². The minimum absolute atomic E-state index is 0.132. The van der Waals surface area contributed by atoms with E-state index in [4.69, 9.17) is 4.74 Å². The first kappa shape index (κ1) is 23.1. The summed E-state index contributed by atoms with van der Waals surface area (Å²) in [5, 5.41) is 18.9. The molecule has 0 aliphatic heterocycles. The molecule has 7 nitrogen and oxygen atoms in total. The van der Waals surface area contributed by atoms with Gasteiger partial charge >= 0.3 is 5.97 Å². The number of aliphatic carboxylic acids is 1. The van der Waals surface area contributed by atoms with Crippen LogP contribution in [0.4, 0.5) is 5.69 Å². The summed E-state index contributed by atoms with van der Waals surface area (Å²) in [4.78, 5) is 24.1. The summed E-state index contributed by atoms with van der Waals surface area (Å²) >= 11 is 0. The lowest BCUT2D eigenvalue weighted by molar-refractivity contribution is -0.145. The van der Waals surface area contributed by atoms with Gasteiger partial charge in [-0.25, -0.2) is 4.79 Å². The van der Waals surface area contributed by atoms with Crippen molar-refractivity contribution in [1.29, 1.82) is 0 Å². The molecule has 2 rings (SSSR count). The Kier molecular flexibility index (Phi) is 9.00. The lowest BCUT2D eigenvalue weighted by Crippen LogP contribution is -2.26. The molecule has 7 heteroatoms. The van der Waals surface area contributed by atoms with Gasteiger partial charge in [0.2, 0.25) is 0 Å². The smallest absolute Gasteiger partial charge is 0.344 e. The molecule has 0 spiro atoms. The van der Waals surface area contributed by atoms with Crippen LogP contribution in [-0.2, 0) is 4.79 Å². The SMILES string of the molecule is CCCCCCC(Oc1ccc(C(=O)c2ccc(N=NN(C)C)cc2)cc1)C(=O)O. The number of hydrogen-bond donors (Lipinski definition) is 1. The van der Waals surface area contributed by atoms with Gasteiger partial charge in [-0.05, 0) is 61.4 Å². The number of carboxylic acid groups (broad SMARTS) is 1. The van der Waals surface area contributed by atoms with Crippen LogP contribution in [0.15, 0.2) is 58.9 Å². The molecule has 0 aliphatic rings. The Labute approximate surface area is 177 Å². The number of carbonyl (C=O) groups is 2. The quantitative estimate of drug-likeness (QED) is 0.222. The third kappa shape index (κ3) is 7.31. The Balaban J connectivity index is 2.00. The highest BCUT2D eigenvalue weighted by Gasteiger charge is 2.19. The maximum Gasteiger partial charge on any atom is 0.344 e. The van der Waals surface area contributed by atoms with Gasteiger partial charge in [-0.3, -0.25) is 9.80 Å². The second-order valence-corrected chi connectivity index (χ2v) is 7.23. The third-order valence-corrected chi connectivity index (χ3v) is 4.46. The van der Waals surface area contributed by atoms with Crippen molar-refractivity contribution in [1.82, 2.24) is 5.01 Å². The summed E-state index contributed by atoms with van der Waals surface area (Å²) in [6.45, 7) is 2.11. The van der Waals surface area contributed by atoms with Crippen molar-refractivity contribution in [2.24, 2.45) is 10.3 Å². The average Bonchev–Trinajstić information content (AvgIpc) is 2.74. The van der Waals surface area contributed by atoms with Gasteiger partial charge < -0.3 is 9.84 Å². The summed E-state index contributed by atoms with van der Waals surface area (Å²) in [6.07, 6.45) is 3.57. The van der Waals surface area contributed by atoms with Crippen molar-refractivity contribution in [2.75, 3.05) is 14.1 Å². The second-order valence-electron chi connectivity index (χ2n) is 7.23. The predicted octanol–water partition coefficient (Wildman–Crippen LogP) is 5.28. The summed E-state index contributed by atoms with van der Waals surface area (Å²) < 4.78 is 5.62. The van der Waals surface area contributed by atoms with Crippen molar-refractivity contribution >= 4 is 17.4 Å². The second kappa shape index (κ2) is 11.7. The zero-order valence-corrected chi connectivity index (χ0v) is 17.7. The lowest BCUT2D eigenvalue weighted by Gasteiger charge is -2.15. The van der Waals surface area contributed by atoms with Crippen molar-refractivity contribution < 1.29 is 19.4 Å². The molecule has 0 heterocycles. The molecule has 0 aromatic heterocycles. The number of nitrogens with zero attached hydrogens (tertiary/aromatic N) is 3. The molecule has 0 radical (unpaired) electrons. The molecule has 160 valence electrons. The molecular formula is C23H29N3O4. The Morgan fingerprint density at radius 1 is 0.967 bits per heavy atom. The van der Waals surface area contributed by atoms with Crippen LogP contribution in [0, 0.1) is 0 Å². The van der Waals surface area contributed by atoms with Crippen molar-refractivity contribution in [3.8, 4) is 5.75 Å². The maximum atomic E-state index is 12.7. The number of hydrogen-bond acceptors (Lipinski definition) is 5. The van der Waals surface area contributed by atoms with Gasteiger partial charge in [-0.2, -0.15) is 0 Å². The Morgan fingerprint density at radius 2 is 1.57 bits per heavy atom. The first-order chi connectivity index (χ1) is 14.4. The molecule has 0 amide bonds. The molecule has 2 aromatic carbocycles. The van der Waals surface area contributed by atoms with Crippen LogP contribution in [0.5, 0.6) is 5.75 Å². The van der Waals surface area contributed by atoms with E-state index >= 15 is 0 Å². The fourth-order valence-electron chi connectivity index (χ4n) is 2.83. The zero-order valence-electron chi connectivity index (χ0n) is 17.7. The minimum atomic E-state index is -0.974. The molecule has 0 saturated carbocycles. The zero-order chi connectivity index (χ0) is 21.9. The number of ketones is 1. The number of benzene rings is 2. The molecule has 1 unspecified atom stereocenters. The van der Waals surface area contributed by atoms with Crippen LogP contribution in [0.25, 0.3) is 0 Å². The van der Waals surface area contributed by atoms with E-state index in [1.807, 2.05) is 0 Å². The Hall–Kier alpha value is -3.22. The standard InChI is InChI=1S/C23H29N3O4/c1-4-5-6-7-8-21(23(28)29)30-20-15-11-18(12-16-20)22(27)17-9-13-19(14-10-17)24-25-26(2)3/h9-16,21H,4-8H2,1-3H3,(H,28,29). The highest BCUT2D eigenvalue weighted by atomic mass is 16.5. The van der Waals surface area contributed by atoms with E-state index in [9.17, 15) is 14.7 Å². The number of rotatable bonds is 12. The highest BCUT2D eigenvalue weighted by molar-refractivity contribution is 6.09. The highest BCUT2D eigenvalue weighted by Crippen LogP contribution is 2.20. The molecular weight excluding hydrogens is 382 g/mol. The van der Waals surface area contributed by atoms with Crippen molar-refractivity contribution in [3.63, 3.8) is 0 Å². The normalized spacial score (nSPS) is 12.0. The Bertz CT molecular complexity index is 846. The van der Waals surface area contributed by atoms with Gasteiger partial charge in [-0.1, -0.05) is 31.4 Å². The van der Waals surface area contributed by atoms with Gasteiger partial charge in [0.15, 0.2) is 11.9 Å². The lowest BCUT2D eigenvalue weighted by atomic mass is 10.0. The first-order valence-electron chi connectivity index (χ1n) is 10.1. The van der Waals surface area contributed by atoms with Crippen LogP contribution >= 0.6 is 0 Å². The van der Waals surface area contributed by atoms with E-state index in [0.29, 0.717) is 29.0 Å². The number of carbonyl (C=O) groups excluding carboxylic acids is 1. The third-order valence-electron chi connectivity index (χ3n) is 4.46. The molecule has 0 fully saturated rings. The van der Waals surface area contributed by atoms with Crippen molar-refractivity contribution in [2.45, 2.75) is 45.1 Å². The van der Waals surface area contributed by atoms with E-state index in [1.54, 1.807) is 67.6 Å². The minimum Gasteiger partial charge on any atom is -0.479 e. The molecule has 0 bridgehead atoms.